The maximum absolute atomic E-state index is 10.6. The molecule has 0 aliphatic carbocycles. The van der Waals surface area contributed by atoms with Crippen molar-refractivity contribution in [3.63, 3.8) is 0 Å². The fourth-order valence-corrected chi connectivity index (χ4v) is 1.31. The molecular weight excluding hydrogens is 162 g/mol. The molecular formula is C11H13NO. The molecule has 68 valence electrons. The highest BCUT2D eigenvalue weighted by Gasteiger charge is 1.99. The zero-order chi connectivity index (χ0) is 9.84. The van der Waals surface area contributed by atoms with E-state index in [-0.39, 0.29) is 0 Å². The fourth-order valence-electron chi connectivity index (χ4n) is 1.31. The SMILES string of the molecule is C/C(=C/C(N)=O)c1ccccc1C. The summed E-state index contributed by atoms with van der Waals surface area (Å²) in [5.74, 6) is -0.402. The van der Waals surface area contributed by atoms with Crippen molar-refractivity contribution in [2.24, 2.45) is 5.73 Å². The molecule has 2 N–H and O–H groups in total. The van der Waals surface area contributed by atoms with Gasteiger partial charge in [-0.1, -0.05) is 24.3 Å². The van der Waals surface area contributed by atoms with E-state index >= 15 is 0 Å². The van der Waals surface area contributed by atoms with Gasteiger partial charge in [0.2, 0.25) is 5.91 Å². The molecule has 0 heterocycles. The van der Waals surface area contributed by atoms with Crippen molar-refractivity contribution in [1.29, 1.82) is 0 Å². The molecule has 1 aromatic carbocycles. The summed E-state index contributed by atoms with van der Waals surface area (Å²) < 4.78 is 0. The third-order valence-electron chi connectivity index (χ3n) is 1.93. The van der Waals surface area contributed by atoms with Crippen molar-refractivity contribution in [2.75, 3.05) is 0 Å². The zero-order valence-corrected chi connectivity index (χ0v) is 7.87. The minimum Gasteiger partial charge on any atom is -0.366 e. The van der Waals surface area contributed by atoms with Crippen LogP contribution in [-0.4, -0.2) is 5.91 Å². The molecule has 0 aliphatic heterocycles. The number of rotatable bonds is 2. The van der Waals surface area contributed by atoms with E-state index in [2.05, 4.69) is 0 Å². The predicted octanol–water partition coefficient (Wildman–Crippen LogP) is 1.88. The van der Waals surface area contributed by atoms with Crippen molar-refractivity contribution in [3.8, 4) is 0 Å². The van der Waals surface area contributed by atoms with Crippen LogP contribution >= 0.6 is 0 Å². The van der Waals surface area contributed by atoms with Gasteiger partial charge in [0.05, 0.1) is 0 Å². The Balaban J connectivity index is 3.08. The second-order valence-electron chi connectivity index (χ2n) is 3.04. The van der Waals surface area contributed by atoms with Crippen molar-refractivity contribution in [3.05, 3.63) is 41.5 Å². The quantitative estimate of drug-likeness (QED) is 0.685. The van der Waals surface area contributed by atoms with Crippen LogP contribution in [-0.2, 0) is 4.79 Å². The summed E-state index contributed by atoms with van der Waals surface area (Å²) in [5.41, 5.74) is 8.19. The van der Waals surface area contributed by atoms with Gasteiger partial charge in [-0.15, -0.1) is 0 Å². The van der Waals surface area contributed by atoms with Gasteiger partial charge in [0.15, 0.2) is 0 Å². The number of amides is 1. The van der Waals surface area contributed by atoms with Crippen LogP contribution in [0.2, 0.25) is 0 Å². The first-order valence-electron chi connectivity index (χ1n) is 4.15. The number of carbonyl (C=O) groups is 1. The zero-order valence-electron chi connectivity index (χ0n) is 7.87. The lowest BCUT2D eigenvalue weighted by Crippen LogP contribution is -2.06. The Hall–Kier alpha value is -1.57. The van der Waals surface area contributed by atoms with Crippen molar-refractivity contribution in [2.45, 2.75) is 13.8 Å². The van der Waals surface area contributed by atoms with E-state index in [1.807, 2.05) is 38.1 Å². The van der Waals surface area contributed by atoms with E-state index in [0.29, 0.717) is 0 Å². The molecule has 0 aliphatic rings. The van der Waals surface area contributed by atoms with Gasteiger partial charge in [-0.2, -0.15) is 0 Å². The third-order valence-corrected chi connectivity index (χ3v) is 1.93. The number of primary amides is 1. The molecule has 0 atom stereocenters. The topological polar surface area (TPSA) is 43.1 Å². The maximum Gasteiger partial charge on any atom is 0.241 e. The normalized spacial score (nSPS) is 11.4. The standard InChI is InChI=1S/C11H13NO/c1-8-5-3-4-6-10(8)9(2)7-11(12)13/h3-7H,1-2H3,(H2,12,13)/b9-7-. The van der Waals surface area contributed by atoms with E-state index in [1.54, 1.807) is 0 Å². The van der Waals surface area contributed by atoms with Crippen LogP contribution in [0.3, 0.4) is 0 Å². The molecule has 13 heavy (non-hydrogen) atoms. The summed E-state index contributed by atoms with van der Waals surface area (Å²) in [7, 11) is 0. The van der Waals surface area contributed by atoms with Crippen LogP contribution < -0.4 is 5.73 Å². The van der Waals surface area contributed by atoms with E-state index in [9.17, 15) is 4.79 Å². The highest BCUT2D eigenvalue weighted by molar-refractivity contribution is 5.93. The van der Waals surface area contributed by atoms with E-state index < -0.39 is 5.91 Å². The van der Waals surface area contributed by atoms with Crippen molar-refractivity contribution < 1.29 is 4.79 Å². The fraction of sp³-hybridized carbons (Fsp3) is 0.182. The number of allylic oxidation sites excluding steroid dienone is 1. The Morgan fingerprint density at radius 2 is 2.00 bits per heavy atom. The van der Waals surface area contributed by atoms with Gasteiger partial charge in [-0.25, -0.2) is 0 Å². The summed E-state index contributed by atoms with van der Waals surface area (Å²) in [4.78, 5) is 10.6. The van der Waals surface area contributed by atoms with Gasteiger partial charge < -0.3 is 5.73 Å². The molecule has 0 radical (unpaired) electrons. The minimum atomic E-state index is -0.402. The molecule has 2 heteroatoms. The number of benzene rings is 1. The largest absolute Gasteiger partial charge is 0.366 e. The van der Waals surface area contributed by atoms with E-state index in [4.69, 9.17) is 5.73 Å². The highest BCUT2D eigenvalue weighted by atomic mass is 16.1. The molecule has 2 nitrogen and oxygen atoms in total. The van der Waals surface area contributed by atoms with Crippen LogP contribution in [0.1, 0.15) is 18.1 Å². The van der Waals surface area contributed by atoms with Gasteiger partial charge in [0.1, 0.15) is 0 Å². The molecule has 0 saturated heterocycles. The Labute approximate surface area is 78.1 Å². The van der Waals surface area contributed by atoms with Gasteiger partial charge in [-0.05, 0) is 30.5 Å². The van der Waals surface area contributed by atoms with Crippen molar-refractivity contribution in [1.82, 2.24) is 0 Å². The molecule has 1 amide bonds. The summed E-state index contributed by atoms with van der Waals surface area (Å²) >= 11 is 0. The lowest BCUT2D eigenvalue weighted by atomic mass is 10.0. The van der Waals surface area contributed by atoms with Gasteiger partial charge in [-0.3, -0.25) is 4.79 Å². The summed E-state index contributed by atoms with van der Waals surface area (Å²) in [6, 6.07) is 7.90. The van der Waals surface area contributed by atoms with Gasteiger partial charge in [0, 0.05) is 6.08 Å². The van der Waals surface area contributed by atoms with Gasteiger partial charge in [0.25, 0.3) is 0 Å². The second kappa shape index (κ2) is 3.90. The molecule has 1 rings (SSSR count). The van der Waals surface area contributed by atoms with E-state index in [0.717, 1.165) is 16.7 Å². The molecule has 0 saturated carbocycles. The van der Waals surface area contributed by atoms with Crippen LogP contribution in [0, 0.1) is 6.92 Å². The highest BCUT2D eigenvalue weighted by Crippen LogP contribution is 2.17. The molecule has 1 aromatic rings. The summed E-state index contributed by atoms with van der Waals surface area (Å²) in [6.07, 6.45) is 1.45. The average Bonchev–Trinajstić information content (AvgIpc) is 2.03. The Morgan fingerprint density at radius 3 is 2.54 bits per heavy atom. The predicted molar refractivity (Wildman–Crippen MR) is 54.0 cm³/mol. The van der Waals surface area contributed by atoms with Crippen LogP contribution in [0.25, 0.3) is 5.57 Å². The monoisotopic (exact) mass is 175 g/mol. The summed E-state index contributed by atoms with van der Waals surface area (Å²) in [6.45, 7) is 3.89. The molecule has 0 aromatic heterocycles. The summed E-state index contributed by atoms with van der Waals surface area (Å²) in [5, 5.41) is 0. The molecule has 0 fully saturated rings. The number of nitrogens with two attached hydrogens (primary N) is 1. The van der Waals surface area contributed by atoms with Crippen LogP contribution in [0.4, 0.5) is 0 Å². The van der Waals surface area contributed by atoms with E-state index in [1.165, 1.54) is 6.08 Å². The molecule has 0 spiro atoms. The number of carbonyl (C=O) groups excluding carboxylic acids is 1. The smallest absolute Gasteiger partial charge is 0.241 e. The average molecular weight is 175 g/mol. The first-order valence-corrected chi connectivity index (χ1v) is 4.15. The van der Waals surface area contributed by atoms with Crippen LogP contribution in [0.15, 0.2) is 30.3 Å². The second-order valence-corrected chi connectivity index (χ2v) is 3.04. The Kier molecular flexibility index (Phi) is 2.85. The van der Waals surface area contributed by atoms with Crippen LogP contribution in [0.5, 0.6) is 0 Å². The number of hydrogen-bond donors (Lipinski definition) is 1. The lowest BCUT2D eigenvalue weighted by Gasteiger charge is -2.04. The first kappa shape index (κ1) is 9.52. The Bertz CT molecular complexity index is 353. The Morgan fingerprint density at radius 1 is 1.38 bits per heavy atom. The first-order chi connectivity index (χ1) is 6.11. The molecule has 0 unspecified atom stereocenters. The van der Waals surface area contributed by atoms with Gasteiger partial charge >= 0.3 is 0 Å². The molecule has 0 bridgehead atoms. The minimum absolute atomic E-state index is 0.402. The maximum atomic E-state index is 10.6. The lowest BCUT2D eigenvalue weighted by molar-refractivity contribution is -0.113. The van der Waals surface area contributed by atoms with Crippen molar-refractivity contribution >= 4 is 11.5 Å². The number of hydrogen-bond acceptors (Lipinski definition) is 1. The number of aryl methyl sites for hydroxylation is 1. The third kappa shape index (κ3) is 2.44.